The summed E-state index contributed by atoms with van der Waals surface area (Å²) in [6.45, 7) is 0. The van der Waals surface area contributed by atoms with E-state index in [4.69, 9.17) is 12.2 Å². The van der Waals surface area contributed by atoms with E-state index in [0.29, 0.717) is 21.7 Å². The summed E-state index contributed by atoms with van der Waals surface area (Å²) < 4.78 is 30.6. The van der Waals surface area contributed by atoms with Gasteiger partial charge in [-0.05, 0) is 60.7 Å². The summed E-state index contributed by atoms with van der Waals surface area (Å²) in [7, 11) is -3.84. The Labute approximate surface area is 185 Å². The van der Waals surface area contributed by atoms with Crippen molar-refractivity contribution in [1.29, 1.82) is 0 Å². The molecule has 0 fully saturated rings. The lowest BCUT2D eigenvalue weighted by atomic mass is 10.2. The molecule has 2 heterocycles. The lowest BCUT2D eigenvalue weighted by Gasteiger charge is -2.10. The van der Waals surface area contributed by atoms with Gasteiger partial charge in [-0.2, -0.15) is 0 Å². The molecule has 0 aliphatic carbocycles. The second-order valence-corrected chi connectivity index (χ2v) is 9.80. The zero-order chi connectivity index (χ0) is 21.6. The van der Waals surface area contributed by atoms with Gasteiger partial charge in [0.25, 0.3) is 15.6 Å². The van der Waals surface area contributed by atoms with Crippen LogP contribution in [0.1, 0.15) is 0 Å². The van der Waals surface area contributed by atoms with Gasteiger partial charge in [0.1, 0.15) is 0 Å². The number of thiazole rings is 1. The molecule has 5 aromatic rings. The van der Waals surface area contributed by atoms with E-state index in [1.54, 1.807) is 30.3 Å². The maximum Gasteiger partial charge on any atom is 0.266 e. The van der Waals surface area contributed by atoms with E-state index in [1.807, 2.05) is 30.3 Å². The topological polar surface area (TPSA) is 96.9 Å². The van der Waals surface area contributed by atoms with Crippen LogP contribution in [0.25, 0.3) is 26.8 Å². The van der Waals surface area contributed by atoms with Crippen molar-refractivity contribution in [3.05, 3.63) is 87.9 Å². The number of H-pyrrole nitrogens is 1. The summed E-state index contributed by atoms with van der Waals surface area (Å²) >= 11 is 6.60. The van der Waals surface area contributed by atoms with Crippen LogP contribution in [-0.4, -0.2) is 23.0 Å². The number of hydrogen-bond donors (Lipinski definition) is 2. The van der Waals surface area contributed by atoms with Crippen LogP contribution in [0.15, 0.2) is 82.5 Å². The smallest absolute Gasteiger partial charge is 0.266 e. The first kappa shape index (κ1) is 19.6. The molecule has 0 saturated carbocycles. The molecule has 0 aliphatic heterocycles. The van der Waals surface area contributed by atoms with E-state index >= 15 is 0 Å². The van der Waals surface area contributed by atoms with Crippen LogP contribution in [0.2, 0.25) is 0 Å². The minimum absolute atomic E-state index is 0.0549. The molecule has 2 aromatic heterocycles. The average Bonchev–Trinajstić information content (AvgIpc) is 3.15. The van der Waals surface area contributed by atoms with Crippen LogP contribution in [0, 0.1) is 4.77 Å². The Bertz CT molecular complexity index is 1630. The van der Waals surface area contributed by atoms with Crippen molar-refractivity contribution in [1.82, 2.24) is 14.5 Å². The molecule has 31 heavy (non-hydrogen) atoms. The van der Waals surface area contributed by atoms with Crippen LogP contribution in [-0.2, 0) is 10.0 Å². The Morgan fingerprint density at radius 2 is 1.68 bits per heavy atom. The predicted octanol–water partition coefficient (Wildman–Crippen LogP) is 4.46. The van der Waals surface area contributed by atoms with Gasteiger partial charge in [-0.25, -0.2) is 13.4 Å². The SMILES string of the molecule is O=c1c2ccccc2[nH]c(=S)n1-c1ccc(S(=O)(=O)Nc2nc3ccccc3s2)cc1. The van der Waals surface area contributed by atoms with Crippen LogP contribution in [0.3, 0.4) is 0 Å². The minimum atomic E-state index is -3.84. The van der Waals surface area contributed by atoms with E-state index in [9.17, 15) is 13.2 Å². The van der Waals surface area contributed by atoms with Crippen molar-refractivity contribution < 1.29 is 8.42 Å². The van der Waals surface area contributed by atoms with Gasteiger partial charge in [-0.15, -0.1) is 0 Å². The molecule has 154 valence electrons. The molecule has 5 rings (SSSR count). The van der Waals surface area contributed by atoms with Crippen LogP contribution < -0.4 is 10.3 Å². The lowest BCUT2D eigenvalue weighted by Crippen LogP contribution is -2.20. The fourth-order valence-corrected chi connectivity index (χ4v) is 5.66. The average molecular weight is 467 g/mol. The second-order valence-electron chi connectivity index (χ2n) is 6.70. The van der Waals surface area contributed by atoms with E-state index in [2.05, 4.69) is 14.7 Å². The molecule has 10 heteroatoms. The number of benzene rings is 3. The van der Waals surface area contributed by atoms with Crippen molar-refractivity contribution in [2.24, 2.45) is 0 Å². The number of hydrogen-bond acceptors (Lipinski definition) is 6. The summed E-state index contributed by atoms with van der Waals surface area (Å²) in [6, 6.07) is 20.5. The second kappa shape index (κ2) is 7.41. The monoisotopic (exact) mass is 466 g/mol. The number of sulfonamides is 1. The van der Waals surface area contributed by atoms with Crippen molar-refractivity contribution in [3.63, 3.8) is 0 Å². The van der Waals surface area contributed by atoms with Gasteiger partial charge in [-0.3, -0.25) is 14.1 Å². The number of para-hydroxylation sites is 2. The third-order valence-electron chi connectivity index (χ3n) is 4.73. The maximum atomic E-state index is 12.9. The molecule has 7 nitrogen and oxygen atoms in total. The van der Waals surface area contributed by atoms with E-state index in [1.165, 1.54) is 28.0 Å². The molecule has 0 amide bonds. The molecule has 0 radical (unpaired) electrons. The van der Waals surface area contributed by atoms with Crippen LogP contribution >= 0.6 is 23.6 Å². The predicted molar refractivity (Wildman–Crippen MR) is 125 cm³/mol. The van der Waals surface area contributed by atoms with Crippen LogP contribution in [0.4, 0.5) is 5.13 Å². The fourth-order valence-electron chi connectivity index (χ4n) is 3.26. The first-order valence-electron chi connectivity index (χ1n) is 9.15. The first-order chi connectivity index (χ1) is 14.9. The Morgan fingerprint density at radius 1 is 0.968 bits per heavy atom. The number of nitrogens with zero attached hydrogens (tertiary/aromatic N) is 2. The highest BCUT2D eigenvalue weighted by atomic mass is 32.2. The van der Waals surface area contributed by atoms with Gasteiger partial charge < -0.3 is 4.98 Å². The fraction of sp³-hybridized carbons (Fsp3) is 0. The maximum absolute atomic E-state index is 12.9. The molecule has 0 bridgehead atoms. The summed E-state index contributed by atoms with van der Waals surface area (Å²) in [6.07, 6.45) is 0. The number of rotatable bonds is 4. The third-order valence-corrected chi connectivity index (χ3v) is 7.45. The molecular weight excluding hydrogens is 452 g/mol. The molecule has 0 spiro atoms. The normalized spacial score (nSPS) is 11.7. The summed E-state index contributed by atoms with van der Waals surface area (Å²) in [4.78, 5) is 20.3. The zero-order valence-corrected chi connectivity index (χ0v) is 18.2. The van der Waals surface area contributed by atoms with E-state index in [0.717, 1.165) is 10.2 Å². The number of fused-ring (bicyclic) bond motifs is 2. The minimum Gasteiger partial charge on any atom is -0.331 e. The number of aromatic nitrogens is 3. The summed E-state index contributed by atoms with van der Waals surface area (Å²) in [5.74, 6) is 0. The Kier molecular flexibility index (Phi) is 4.69. The Balaban J connectivity index is 1.50. The molecule has 0 atom stereocenters. The van der Waals surface area contributed by atoms with Gasteiger partial charge in [0, 0.05) is 0 Å². The highest BCUT2D eigenvalue weighted by Gasteiger charge is 2.17. The van der Waals surface area contributed by atoms with Gasteiger partial charge in [0.15, 0.2) is 9.90 Å². The first-order valence-corrected chi connectivity index (χ1v) is 11.9. The molecule has 2 N–H and O–H groups in total. The summed E-state index contributed by atoms with van der Waals surface area (Å²) in [5, 5.41) is 0.781. The zero-order valence-electron chi connectivity index (χ0n) is 15.8. The third kappa shape index (κ3) is 3.54. The lowest BCUT2D eigenvalue weighted by molar-refractivity contribution is 0.601. The van der Waals surface area contributed by atoms with Crippen molar-refractivity contribution in [3.8, 4) is 5.69 Å². The van der Waals surface area contributed by atoms with Gasteiger partial charge in [-0.1, -0.05) is 35.6 Å². The number of nitrogens with one attached hydrogen (secondary N) is 2. The number of aromatic amines is 1. The summed E-state index contributed by atoms with van der Waals surface area (Å²) in [5.41, 5.74) is 1.57. The van der Waals surface area contributed by atoms with Gasteiger partial charge in [0.05, 0.1) is 31.7 Å². The molecular formula is C21H14N4O3S3. The van der Waals surface area contributed by atoms with Gasteiger partial charge >= 0.3 is 0 Å². The largest absolute Gasteiger partial charge is 0.331 e. The molecule has 3 aromatic carbocycles. The van der Waals surface area contributed by atoms with E-state index in [-0.39, 0.29) is 15.2 Å². The van der Waals surface area contributed by atoms with Crippen molar-refractivity contribution in [2.45, 2.75) is 4.90 Å². The molecule has 0 aliphatic rings. The quantitative estimate of drug-likeness (QED) is 0.381. The van der Waals surface area contributed by atoms with Crippen molar-refractivity contribution in [2.75, 3.05) is 4.72 Å². The molecule has 0 unspecified atom stereocenters. The standard InChI is InChI=1S/C21H14N4O3S3/c26-19-15-5-1-2-6-16(15)23-21(29)25(19)13-9-11-14(12-10-13)31(27,28)24-20-22-17-7-3-4-8-18(17)30-20/h1-12H,(H,22,24)(H,23,29). The molecule has 0 saturated heterocycles. The Hall–Kier alpha value is -3.34. The number of anilines is 1. The van der Waals surface area contributed by atoms with Crippen LogP contribution in [0.5, 0.6) is 0 Å². The Morgan fingerprint density at radius 3 is 2.45 bits per heavy atom. The highest BCUT2D eigenvalue weighted by molar-refractivity contribution is 7.93. The van der Waals surface area contributed by atoms with E-state index < -0.39 is 10.0 Å². The highest BCUT2D eigenvalue weighted by Crippen LogP contribution is 2.27. The van der Waals surface area contributed by atoms with Crippen molar-refractivity contribution >= 4 is 59.8 Å². The van der Waals surface area contributed by atoms with Gasteiger partial charge in [0.2, 0.25) is 0 Å².